The van der Waals surface area contributed by atoms with Gasteiger partial charge in [-0.2, -0.15) is 0 Å². The molecule has 0 aliphatic carbocycles. The van der Waals surface area contributed by atoms with Crippen LogP contribution in [0.25, 0.3) is 0 Å². The zero-order valence-corrected chi connectivity index (χ0v) is 4.94. The van der Waals surface area contributed by atoms with Gasteiger partial charge in [0.2, 0.25) is 0 Å². The summed E-state index contributed by atoms with van der Waals surface area (Å²) in [7, 11) is 0. The highest BCUT2D eigenvalue weighted by molar-refractivity contribution is 4.94. The minimum absolute atomic E-state index is 0. The lowest BCUT2D eigenvalue weighted by Gasteiger charge is -2.37. The topological polar surface area (TPSA) is 21.3 Å². The molecule has 2 saturated heterocycles. The van der Waals surface area contributed by atoms with Crippen molar-refractivity contribution in [3.63, 3.8) is 0 Å². The second-order valence-electron chi connectivity index (χ2n) is 2.71. The van der Waals surface area contributed by atoms with Crippen molar-refractivity contribution in [2.45, 2.75) is 18.4 Å². The summed E-state index contributed by atoms with van der Waals surface area (Å²) >= 11 is 0. The van der Waals surface area contributed by atoms with Gasteiger partial charge in [-0.15, -0.1) is 0 Å². The van der Waals surface area contributed by atoms with Crippen LogP contribution in [0.2, 0.25) is 0 Å². The Labute approximate surface area is 50.7 Å². The predicted octanol–water partition coefficient (Wildman–Crippen LogP) is 0.385. The van der Waals surface area contributed by atoms with Gasteiger partial charge in [0.15, 0.2) is 0 Å². The summed E-state index contributed by atoms with van der Waals surface area (Å²) in [6.45, 7) is 3.23. The first-order valence-corrected chi connectivity index (χ1v) is 3.26. The Balaban J connectivity index is 0.000000405. The summed E-state index contributed by atoms with van der Waals surface area (Å²) < 4.78 is 5.42. The molecule has 2 heteroatoms. The van der Waals surface area contributed by atoms with E-state index in [0.717, 1.165) is 19.7 Å². The molecular weight excluding hydrogens is 102 g/mol. The van der Waals surface area contributed by atoms with Crippen molar-refractivity contribution < 1.29 is 6.16 Å². The molecule has 0 aromatic heterocycles. The highest BCUT2D eigenvalue weighted by Crippen LogP contribution is 2.31. The summed E-state index contributed by atoms with van der Waals surface area (Å²) in [6.07, 6.45) is 2.51. The first kappa shape index (κ1) is 4.77. The quantitative estimate of drug-likeness (QED) is 0.493. The summed E-state index contributed by atoms with van der Waals surface area (Å²) in [6, 6.07) is 0. The van der Waals surface area contributed by atoms with E-state index in [4.69, 9.17) is 4.74 Å². The number of hydrogen-bond donors (Lipinski definition) is 1. The van der Waals surface area contributed by atoms with E-state index in [-0.39, 0.29) is 1.43 Å². The van der Waals surface area contributed by atoms with Crippen LogP contribution in [0.5, 0.6) is 0 Å². The lowest BCUT2D eigenvalue weighted by Crippen LogP contribution is -2.45. The average molecular weight is 115 g/mol. The van der Waals surface area contributed by atoms with Gasteiger partial charge < -0.3 is 10.1 Å². The summed E-state index contributed by atoms with van der Waals surface area (Å²) in [5, 5.41) is 3.29. The third kappa shape index (κ3) is 0.501. The molecule has 0 aromatic rings. The Morgan fingerprint density at radius 2 is 2.38 bits per heavy atom. The molecule has 1 atom stereocenters. The van der Waals surface area contributed by atoms with Crippen molar-refractivity contribution in [3.8, 4) is 0 Å². The van der Waals surface area contributed by atoms with E-state index in [1.54, 1.807) is 0 Å². The van der Waals surface area contributed by atoms with Crippen molar-refractivity contribution in [2.75, 3.05) is 19.7 Å². The van der Waals surface area contributed by atoms with E-state index in [0.29, 0.717) is 5.60 Å². The second-order valence-corrected chi connectivity index (χ2v) is 2.71. The fourth-order valence-electron chi connectivity index (χ4n) is 1.45. The smallest absolute Gasteiger partial charge is 0.0840 e. The molecule has 2 aliphatic heterocycles. The standard InChI is InChI=1S/C6H11NO.H2/c1-3-7-5-6(1)2-4-8-6;/h7H,1-5H2;1H/t6-;/m0./s1. The maximum Gasteiger partial charge on any atom is 0.0840 e. The first-order chi connectivity index (χ1) is 3.91. The zero-order chi connectivity index (χ0) is 5.45. The number of nitrogens with one attached hydrogen (secondary N) is 1. The molecule has 2 heterocycles. The SMILES string of the molecule is C1C[C@]2(CCO2)CN1.[HH]. The van der Waals surface area contributed by atoms with Crippen molar-refractivity contribution in [1.82, 2.24) is 5.32 Å². The first-order valence-electron chi connectivity index (χ1n) is 3.26. The van der Waals surface area contributed by atoms with Crippen LogP contribution < -0.4 is 5.32 Å². The molecule has 2 rings (SSSR count). The average Bonchev–Trinajstić information content (AvgIpc) is 2.07. The maximum atomic E-state index is 5.42. The minimum atomic E-state index is 0. The lowest BCUT2D eigenvalue weighted by molar-refractivity contribution is -0.131. The lowest BCUT2D eigenvalue weighted by atomic mass is 9.94. The van der Waals surface area contributed by atoms with E-state index >= 15 is 0 Å². The highest BCUT2D eigenvalue weighted by Gasteiger charge is 2.40. The Hall–Kier alpha value is -0.0800. The van der Waals surface area contributed by atoms with Crippen LogP contribution in [-0.2, 0) is 4.74 Å². The monoisotopic (exact) mass is 115 g/mol. The van der Waals surface area contributed by atoms with Crippen LogP contribution >= 0.6 is 0 Å². The van der Waals surface area contributed by atoms with Gasteiger partial charge in [-0.3, -0.25) is 0 Å². The molecule has 1 N–H and O–H groups in total. The Kier molecular flexibility index (Phi) is 0.866. The van der Waals surface area contributed by atoms with Crippen molar-refractivity contribution in [1.29, 1.82) is 0 Å². The fraction of sp³-hybridized carbons (Fsp3) is 1.00. The van der Waals surface area contributed by atoms with Crippen LogP contribution in [0, 0.1) is 0 Å². The largest absolute Gasteiger partial charge is 0.373 e. The molecule has 0 bridgehead atoms. The molecule has 0 unspecified atom stereocenters. The predicted molar refractivity (Wildman–Crippen MR) is 32.9 cm³/mol. The van der Waals surface area contributed by atoms with Gasteiger partial charge >= 0.3 is 0 Å². The van der Waals surface area contributed by atoms with Gasteiger partial charge in [-0.05, 0) is 13.0 Å². The summed E-state index contributed by atoms with van der Waals surface area (Å²) in [4.78, 5) is 0. The Bertz CT molecular complexity index is 95.2. The third-order valence-electron chi connectivity index (χ3n) is 2.17. The molecule has 0 aromatic carbocycles. The Morgan fingerprint density at radius 3 is 2.62 bits per heavy atom. The highest BCUT2D eigenvalue weighted by atomic mass is 16.5. The van der Waals surface area contributed by atoms with E-state index in [9.17, 15) is 0 Å². The number of rotatable bonds is 0. The van der Waals surface area contributed by atoms with Gasteiger partial charge in [0.1, 0.15) is 0 Å². The third-order valence-corrected chi connectivity index (χ3v) is 2.17. The van der Waals surface area contributed by atoms with Crippen molar-refractivity contribution in [3.05, 3.63) is 0 Å². The molecule has 2 aliphatic rings. The van der Waals surface area contributed by atoms with Crippen molar-refractivity contribution in [2.24, 2.45) is 0 Å². The van der Waals surface area contributed by atoms with Crippen LogP contribution in [0.1, 0.15) is 14.3 Å². The van der Waals surface area contributed by atoms with Crippen LogP contribution in [0.15, 0.2) is 0 Å². The molecule has 0 amide bonds. The normalized spacial score (nSPS) is 45.0. The summed E-state index contributed by atoms with van der Waals surface area (Å²) in [5.41, 5.74) is 0.306. The fourth-order valence-corrected chi connectivity index (χ4v) is 1.45. The second kappa shape index (κ2) is 1.45. The van der Waals surface area contributed by atoms with Crippen LogP contribution in [0.3, 0.4) is 0 Å². The van der Waals surface area contributed by atoms with E-state index < -0.39 is 0 Å². The summed E-state index contributed by atoms with van der Waals surface area (Å²) in [5.74, 6) is 0. The molecule has 0 radical (unpaired) electrons. The molecule has 1 spiro atoms. The van der Waals surface area contributed by atoms with Crippen LogP contribution in [0.4, 0.5) is 0 Å². The van der Waals surface area contributed by atoms with Gasteiger partial charge in [0, 0.05) is 14.4 Å². The number of hydrogen-bond acceptors (Lipinski definition) is 2. The molecule has 2 fully saturated rings. The molecule has 48 valence electrons. The zero-order valence-electron chi connectivity index (χ0n) is 4.94. The van der Waals surface area contributed by atoms with E-state index in [1.807, 2.05) is 0 Å². The maximum absolute atomic E-state index is 5.42. The van der Waals surface area contributed by atoms with Gasteiger partial charge in [-0.25, -0.2) is 0 Å². The molecule has 0 saturated carbocycles. The molecule has 2 nitrogen and oxygen atoms in total. The minimum Gasteiger partial charge on any atom is -0.373 e. The van der Waals surface area contributed by atoms with E-state index in [1.165, 1.54) is 12.8 Å². The number of ether oxygens (including phenoxy) is 1. The molecular formula is C6H13NO. The van der Waals surface area contributed by atoms with Crippen molar-refractivity contribution >= 4 is 0 Å². The van der Waals surface area contributed by atoms with E-state index in [2.05, 4.69) is 5.32 Å². The van der Waals surface area contributed by atoms with Gasteiger partial charge in [0.25, 0.3) is 0 Å². The Morgan fingerprint density at radius 1 is 1.50 bits per heavy atom. The van der Waals surface area contributed by atoms with Gasteiger partial charge in [-0.1, -0.05) is 0 Å². The molecule has 8 heavy (non-hydrogen) atoms. The van der Waals surface area contributed by atoms with Crippen LogP contribution in [-0.4, -0.2) is 25.3 Å². The van der Waals surface area contributed by atoms with Gasteiger partial charge in [0.05, 0.1) is 12.2 Å².